The number of Topliss-reactive ketones (excluding diaryl/α,β-unsaturated/α-hetero) is 1. The lowest BCUT2D eigenvalue weighted by atomic mass is 9.82. The molecule has 0 atom stereocenters. The molecule has 1 aromatic carbocycles. The van der Waals surface area contributed by atoms with Gasteiger partial charge in [-0.15, -0.1) is 0 Å². The lowest BCUT2D eigenvalue weighted by Gasteiger charge is -2.38. The fourth-order valence-electron chi connectivity index (χ4n) is 2.42. The van der Waals surface area contributed by atoms with Crippen LogP contribution in [0.4, 0.5) is 5.69 Å². The zero-order valence-electron chi connectivity index (χ0n) is 11.3. The van der Waals surface area contributed by atoms with Gasteiger partial charge in [0, 0.05) is 28.8 Å². The van der Waals surface area contributed by atoms with E-state index in [2.05, 4.69) is 40.7 Å². The third-order valence-corrected chi connectivity index (χ3v) is 4.29. The Morgan fingerprint density at radius 2 is 1.89 bits per heavy atom. The highest BCUT2D eigenvalue weighted by Crippen LogP contribution is 2.34. The van der Waals surface area contributed by atoms with Crippen LogP contribution in [0, 0.1) is 5.41 Å². The first-order valence-electron chi connectivity index (χ1n) is 6.44. The van der Waals surface area contributed by atoms with Gasteiger partial charge >= 0.3 is 0 Å². The highest BCUT2D eigenvalue weighted by atomic mass is 79.9. The van der Waals surface area contributed by atoms with Crippen LogP contribution in [-0.4, -0.2) is 18.9 Å². The summed E-state index contributed by atoms with van der Waals surface area (Å²) in [5, 5.41) is 0. The minimum Gasteiger partial charge on any atom is -0.371 e. The molecular weight excluding hydrogens is 290 g/mol. The van der Waals surface area contributed by atoms with Crippen molar-refractivity contribution < 1.29 is 4.79 Å². The van der Waals surface area contributed by atoms with E-state index in [0.29, 0.717) is 5.41 Å². The summed E-state index contributed by atoms with van der Waals surface area (Å²) in [4.78, 5) is 14.1. The van der Waals surface area contributed by atoms with Crippen LogP contribution in [0.15, 0.2) is 22.7 Å². The van der Waals surface area contributed by atoms with Crippen LogP contribution in [0.2, 0.25) is 0 Å². The summed E-state index contributed by atoms with van der Waals surface area (Å²) in [6.07, 6.45) is 2.36. The molecule has 2 rings (SSSR count). The molecule has 0 N–H and O–H groups in total. The second-order valence-electron chi connectivity index (χ2n) is 5.87. The van der Waals surface area contributed by atoms with E-state index in [0.717, 1.165) is 28.8 Å². The van der Waals surface area contributed by atoms with Gasteiger partial charge in [-0.2, -0.15) is 0 Å². The number of ketones is 1. The minimum absolute atomic E-state index is 0.135. The topological polar surface area (TPSA) is 20.3 Å². The number of nitrogens with zero attached hydrogens (tertiary/aromatic N) is 1. The van der Waals surface area contributed by atoms with Crippen molar-refractivity contribution in [2.45, 2.75) is 33.6 Å². The van der Waals surface area contributed by atoms with E-state index in [1.54, 1.807) is 6.92 Å². The SMILES string of the molecule is CC(=O)c1cc(Br)ccc1N1CCC(C)(C)CC1. The first-order valence-corrected chi connectivity index (χ1v) is 7.24. The van der Waals surface area contributed by atoms with Crippen molar-refractivity contribution in [2.75, 3.05) is 18.0 Å². The summed E-state index contributed by atoms with van der Waals surface area (Å²) in [5.74, 6) is 0.135. The van der Waals surface area contributed by atoms with Crippen molar-refractivity contribution in [2.24, 2.45) is 5.41 Å². The molecule has 1 heterocycles. The number of benzene rings is 1. The average molecular weight is 310 g/mol. The Balaban J connectivity index is 2.26. The maximum atomic E-state index is 11.7. The van der Waals surface area contributed by atoms with Gasteiger partial charge in [-0.1, -0.05) is 29.8 Å². The second kappa shape index (κ2) is 5.04. The zero-order chi connectivity index (χ0) is 13.3. The summed E-state index contributed by atoms with van der Waals surface area (Å²) < 4.78 is 0.966. The molecule has 1 saturated heterocycles. The molecule has 1 fully saturated rings. The van der Waals surface area contributed by atoms with Gasteiger partial charge in [0.15, 0.2) is 5.78 Å². The van der Waals surface area contributed by atoms with E-state index in [-0.39, 0.29) is 5.78 Å². The van der Waals surface area contributed by atoms with Crippen molar-refractivity contribution >= 4 is 27.4 Å². The maximum absolute atomic E-state index is 11.7. The number of hydrogen-bond donors (Lipinski definition) is 0. The number of carbonyl (C=O) groups excluding carboxylic acids is 1. The molecule has 0 saturated carbocycles. The molecule has 0 bridgehead atoms. The molecule has 0 aliphatic carbocycles. The molecule has 1 aliphatic heterocycles. The van der Waals surface area contributed by atoms with Crippen LogP contribution >= 0.6 is 15.9 Å². The Labute approximate surface area is 117 Å². The Morgan fingerprint density at radius 3 is 2.44 bits per heavy atom. The Kier molecular flexibility index (Phi) is 3.81. The molecule has 0 radical (unpaired) electrons. The number of piperidine rings is 1. The largest absolute Gasteiger partial charge is 0.371 e. The van der Waals surface area contributed by atoms with Gasteiger partial charge in [-0.3, -0.25) is 4.79 Å². The first kappa shape index (κ1) is 13.6. The molecular formula is C15H20BrNO. The zero-order valence-corrected chi connectivity index (χ0v) is 12.9. The van der Waals surface area contributed by atoms with Crippen LogP contribution in [0.1, 0.15) is 44.0 Å². The predicted octanol–water partition coefficient (Wildman–Crippen LogP) is 4.28. The first-order chi connectivity index (χ1) is 8.39. The molecule has 0 unspecified atom stereocenters. The number of anilines is 1. The van der Waals surface area contributed by atoms with Crippen molar-refractivity contribution in [1.82, 2.24) is 0 Å². The third-order valence-electron chi connectivity index (χ3n) is 3.80. The maximum Gasteiger partial charge on any atom is 0.161 e. The lowest BCUT2D eigenvalue weighted by Crippen LogP contribution is -2.37. The van der Waals surface area contributed by atoms with Crippen LogP contribution in [0.5, 0.6) is 0 Å². The van der Waals surface area contributed by atoms with Crippen molar-refractivity contribution in [3.05, 3.63) is 28.2 Å². The van der Waals surface area contributed by atoms with Crippen LogP contribution in [0.25, 0.3) is 0 Å². The number of carbonyl (C=O) groups is 1. The normalized spacial score (nSPS) is 18.8. The van der Waals surface area contributed by atoms with Gasteiger partial charge in [0.25, 0.3) is 0 Å². The van der Waals surface area contributed by atoms with E-state index < -0.39 is 0 Å². The fraction of sp³-hybridized carbons (Fsp3) is 0.533. The van der Waals surface area contributed by atoms with Crippen LogP contribution < -0.4 is 4.90 Å². The number of halogens is 1. The van der Waals surface area contributed by atoms with E-state index in [1.165, 1.54) is 12.8 Å². The monoisotopic (exact) mass is 309 g/mol. The number of rotatable bonds is 2. The smallest absolute Gasteiger partial charge is 0.161 e. The highest BCUT2D eigenvalue weighted by Gasteiger charge is 2.26. The van der Waals surface area contributed by atoms with Gasteiger partial charge < -0.3 is 4.90 Å². The summed E-state index contributed by atoms with van der Waals surface area (Å²) in [6, 6.07) is 6.00. The Bertz CT molecular complexity index is 458. The Hall–Kier alpha value is -0.830. The molecule has 0 spiro atoms. The molecule has 98 valence electrons. The second-order valence-corrected chi connectivity index (χ2v) is 6.78. The van der Waals surface area contributed by atoms with E-state index >= 15 is 0 Å². The molecule has 3 heteroatoms. The fourth-order valence-corrected chi connectivity index (χ4v) is 2.78. The average Bonchev–Trinajstić information content (AvgIpc) is 2.29. The standard InChI is InChI=1S/C15H20BrNO/c1-11(18)13-10-12(16)4-5-14(13)17-8-6-15(2,3)7-9-17/h4-5,10H,6-9H2,1-3H3. The molecule has 18 heavy (non-hydrogen) atoms. The van der Waals surface area contributed by atoms with E-state index in [4.69, 9.17) is 0 Å². The summed E-state index contributed by atoms with van der Waals surface area (Å²) in [5.41, 5.74) is 2.34. The molecule has 1 aromatic rings. The Morgan fingerprint density at radius 1 is 1.28 bits per heavy atom. The molecule has 0 aromatic heterocycles. The van der Waals surface area contributed by atoms with Gasteiger partial charge in [-0.25, -0.2) is 0 Å². The van der Waals surface area contributed by atoms with E-state index in [9.17, 15) is 4.79 Å². The van der Waals surface area contributed by atoms with Gasteiger partial charge in [0.1, 0.15) is 0 Å². The van der Waals surface area contributed by atoms with Gasteiger partial charge in [0.2, 0.25) is 0 Å². The summed E-state index contributed by atoms with van der Waals surface area (Å²) >= 11 is 3.44. The highest BCUT2D eigenvalue weighted by molar-refractivity contribution is 9.10. The van der Waals surface area contributed by atoms with Gasteiger partial charge in [0.05, 0.1) is 0 Å². The lowest BCUT2D eigenvalue weighted by molar-refractivity contribution is 0.101. The van der Waals surface area contributed by atoms with Crippen molar-refractivity contribution in [3.63, 3.8) is 0 Å². The predicted molar refractivity (Wildman–Crippen MR) is 79.4 cm³/mol. The molecule has 0 amide bonds. The van der Waals surface area contributed by atoms with Crippen LogP contribution in [0.3, 0.4) is 0 Å². The van der Waals surface area contributed by atoms with Crippen molar-refractivity contribution in [1.29, 1.82) is 0 Å². The summed E-state index contributed by atoms with van der Waals surface area (Å²) in [7, 11) is 0. The quantitative estimate of drug-likeness (QED) is 0.760. The molecule has 1 aliphatic rings. The minimum atomic E-state index is 0.135. The van der Waals surface area contributed by atoms with Crippen LogP contribution in [-0.2, 0) is 0 Å². The van der Waals surface area contributed by atoms with Gasteiger partial charge in [-0.05, 0) is 43.4 Å². The third kappa shape index (κ3) is 2.94. The van der Waals surface area contributed by atoms with E-state index in [1.807, 2.05) is 12.1 Å². The number of hydrogen-bond acceptors (Lipinski definition) is 2. The van der Waals surface area contributed by atoms with Crippen molar-refractivity contribution in [3.8, 4) is 0 Å². The molecule has 2 nitrogen and oxygen atoms in total. The summed E-state index contributed by atoms with van der Waals surface area (Å²) in [6.45, 7) is 8.35.